The molecule has 0 spiro atoms. The molecular weight excluding hydrogens is 498 g/mol. The van der Waals surface area contributed by atoms with Crippen molar-refractivity contribution in [3.05, 3.63) is 17.5 Å². The molecule has 2 bridgehead atoms. The van der Waals surface area contributed by atoms with Crippen LogP contribution in [0.2, 0.25) is 0 Å². The number of halogens is 5. The normalized spacial score (nSPS) is 26.9. The lowest BCUT2D eigenvalue weighted by atomic mass is 9.42. The molecule has 35 heavy (non-hydrogen) atoms. The van der Waals surface area contributed by atoms with Gasteiger partial charge >= 0.3 is 6.18 Å². The van der Waals surface area contributed by atoms with E-state index in [0.29, 0.717) is 36.3 Å². The van der Waals surface area contributed by atoms with E-state index in [1.807, 2.05) is 0 Å². The van der Waals surface area contributed by atoms with Crippen LogP contribution in [-0.4, -0.2) is 45.7 Å². The lowest BCUT2D eigenvalue weighted by Gasteiger charge is -2.63. The summed E-state index contributed by atoms with van der Waals surface area (Å²) in [5, 5.41) is 3.85. The van der Waals surface area contributed by atoms with E-state index < -0.39 is 59.1 Å². The minimum atomic E-state index is -4.82. The molecule has 0 aromatic carbocycles. The number of aromatic nitrogens is 1. The third-order valence-electron chi connectivity index (χ3n) is 7.25. The number of hydrazine groups is 1. The number of nitrogens with one attached hydrogen (secondary N) is 1. The molecule has 0 unspecified atom stereocenters. The molecule has 4 fully saturated rings. The van der Waals surface area contributed by atoms with E-state index >= 15 is 0 Å². The Balaban J connectivity index is 1.48. The first-order chi connectivity index (χ1) is 16.4. The monoisotopic (exact) mass is 521 g/mol. The highest BCUT2D eigenvalue weighted by atomic mass is 35.5. The number of hydrogen-bond acceptors (Lipinski definition) is 6. The standard InChI is InChI=1S/C22H24ClF4N3O5/c23-18(24)20(34)30(10-12-2-1-3-15(12)31)28-19(33)13(9-21-6-11(7-21)8-21)4-16(32)14-5-17(35-29-14)22(25,26)27/h5,11-13,18H,1-4,6-10H2,(H,28,33)/t11?,12-,13-,18-,21?/m0/s1. The van der Waals surface area contributed by atoms with E-state index in [-0.39, 0.29) is 24.2 Å². The minimum Gasteiger partial charge on any atom is -0.351 e. The summed E-state index contributed by atoms with van der Waals surface area (Å²) in [6, 6.07) is 0.473. The lowest BCUT2D eigenvalue weighted by Crippen LogP contribution is -2.56. The van der Waals surface area contributed by atoms with E-state index in [1.165, 1.54) is 0 Å². The van der Waals surface area contributed by atoms with E-state index in [1.54, 1.807) is 0 Å². The van der Waals surface area contributed by atoms with Crippen LogP contribution in [0.25, 0.3) is 0 Å². The number of Topliss-reactive ketones (excluding diaryl/α,β-unsaturated/α-hetero) is 2. The van der Waals surface area contributed by atoms with E-state index in [9.17, 15) is 36.7 Å². The first-order valence-corrected chi connectivity index (χ1v) is 11.8. The van der Waals surface area contributed by atoms with Crippen molar-refractivity contribution in [1.82, 2.24) is 15.6 Å². The lowest BCUT2D eigenvalue weighted by molar-refractivity contribution is -0.155. The van der Waals surface area contributed by atoms with Gasteiger partial charge in [0.1, 0.15) is 11.5 Å². The molecule has 3 atom stereocenters. The topological polar surface area (TPSA) is 110 Å². The smallest absolute Gasteiger partial charge is 0.351 e. The zero-order valence-electron chi connectivity index (χ0n) is 18.6. The molecule has 0 aliphatic heterocycles. The Labute approximate surface area is 202 Å². The second-order valence-electron chi connectivity index (χ2n) is 9.86. The van der Waals surface area contributed by atoms with Crippen molar-refractivity contribution in [2.24, 2.45) is 23.2 Å². The predicted molar refractivity (Wildman–Crippen MR) is 111 cm³/mol. The van der Waals surface area contributed by atoms with Crippen molar-refractivity contribution in [2.45, 2.75) is 63.2 Å². The van der Waals surface area contributed by atoms with Crippen LogP contribution in [0, 0.1) is 23.2 Å². The van der Waals surface area contributed by atoms with Gasteiger partial charge in [0.25, 0.3) is 11.5 Å². The number of hydrogen-bond donors (Lipinski definition) is 1. The van der Waals surface area contributed by atoms with E-state index in [0.717, 1.165) is 19.3 Å². The maximum Gasteiger partial charge on any atom is 0.452 e. The van der Waals surface area contributed by atoms with Gasteiger partial charge in [0, 0.05) is 30.7 Å². The fraction of sp³-hybridized carbons (Fsp3) is 0.682. The summed E-state index contributed by atoms with van der Waals surface area (Å²) in [6.45, 7) is -0.261. The Morgan fingerprint density at radius 2 is 1.97 bits per heavy atom. The van der Waals surface area contributed by atoms with Crippen molar-refractivity contribution in [1.29, 1.82) is 0 Å². The van der Waals surface area contributed by atoms with Gasteiger partial charge in [0.2, 0.25) is 11.7 Å². The van der Waals surface area contributed by atoms with Crippen LogP contribution >= 0.6 is 11.6 Å². The van der Waals surface area contributed by atoms with Gasteiger partial charge in [-0.3, -0.25) is 24.6 Å². The van der Waals surface area contributed by atoms with E-state index in [4.69, 9.17) is 11.6 Å². The number of carbonyl (C=O) groups is 4. The molecule has 1 aromatic heterocycles. The van der Waals surface area contributed by atoms with Crippen LogP contribution in [0.3, 0.4) is 0 Å². The van der Waals surface area contributed by atoms with Crippen LogP contribution in [0.5, 0.6) is 0 Å². The molecule has 0 radical (unpaired) electrons. The number of carbonyl (C=O) groups excluding carboxylic acids is 4. The number of nitrogens with zero attached hydrogens (tertiary/aromatic N) is 2. The molecule has 0 saturated heterocycles. The molecule has 4 saturated carbocycles. The molecule has 13 heteroatoms. The molecule has 4 aliphatic rings. The SMILES string of the molecule is O=C(C[C@@H](CC12CC(C1)C2)C(=O)NN(C[C@@H]1CCCC1=O)C(=O)[C@H](F)Cl)c1cc(C(F)(F)F)on1. The summed E-state index contributed by atoms with van der Waals surface area (Å²) in [5.74, 6) is -5.44. The average Bonchev–Trinajstić information content (AvgIpc) is 3.37. The van der Waals surface area contributed by atoms with Gasteiger partial charge in [-0.25, -0.2) is 9.40 Å². The average molecular weight is 522 g/mol. The van der Waals surface area contributed by atoms with Gasteiger partial charge in [-0.15, -0.1) is 0 Å². The number of amides is 2. The maximum absolute atomic E-state index is 13.6. The molecule has 4 aliphatic carbocycles. The van der Waals surface area contributed by atoms with Gasteiger partial charge in [-0.1, -0.05) is 16.8 Å². The Kier molecular flexibility index (Phi) is 6.96. The maximum atomic E-state index is 13.6. The number of ketones is 2. The van der Waals surface area contributed by atoms with Crippen molar-refractivity contribution in [3.8, 4) is 0 Å². The van der Waals surface area contributed by atoms with Crippen molar-refractivity contribution < 1.29 is 41.3 Å². The number of alkyl halides is 5. The Morgan fingerprint density at radius 3 is 2.46 bits per heavy atom. The molecular formula is C22H24ClF4N3O5. The Morgan fingerprint density at radius 1 is 1.29 bits per heavy atom. The molecule has 192 valence electrons. The highest BCUT2D eigenvalue weighted by Gasteiger charge is 2.57. The highest BCUT2D eigenvalue weighted by molar-refractivity contribution is 6.29. The van der Waals surface area contributed by atoms with Crippen molar-refractivity contribution >= 4 is 35.0 Å². The van der Waals surface area contributed by atoms with E-state index in [2.05, 4.69) is 15.1 Å². The van der Waals surface area contributed by atoms with Crippen LogP contribution in [0.1, 0.15) is 67.6 Å². The largest absolute Gasteiger partial charge is 0.452 e. The van der Waals surface area contributed by atoms with Crippen molar-refractivity contribution in [2.75, 3.05) is 6.54 Å². The quantitative estimate of drug-likeness (QED) is 0.229. The second-order valence-corrected chi connectivity index (χ2v) is 10.2. The fourth-order valence-electron chi connectivity index (χ4n) is 5.39. The van der Waals surface area contributed by atoms with Crippen molar-refractivity contribution in [3.63, 3.8) is 0 Å². The Bertz CT molecular complexity index is 1010. The third kappa shape index (κ3) is 5.52. The van der Waals surface area contributed by atoms with Gasteiger partial charge < -0.3 is 4.52 Å². The summed E-state index contributed by atoms with van der Waals surface area (Å²) >= 11 is 5.30. The molecule has 1 heterocycles. The van der Waals surface area contributed by atoms with Crippen LogP contribution in [-0.2, 0) is 20.6 Å². The summed E-state index contributed by atoms with van der Waals surface area (Å²) in [4.78, 5) is 50.2. The third-order valence-corrected chi connectivity index (χ3v) is 7.44. The summed E-state index contributed by atoms with van der Waals surface area (Å²) in [7, 11) is 0. The Hall–Kier alpha value is -2.50. The van der Waals surface area contributed by atoms with Gasteiger partial charge in [0.15, 0.2) is 5.78 Å². The van der Waals surface area contributed by atoms with Gasteiger partial charge in [0.05, 0.1) is 6.54 Å². The summed E-state index contributed by atoms with van der Waals surface area (Å²) in [6.07, 6.45) is -1.00. The highest BCUT2D eigenvalue weighted by Crippen LogP contribution is 2.67. The first-order valence-electron chi connectivity index (χ1n) is 11.4. The van der Waals surface area contributed by atoms with Crippen LogP contribution in [0.4, 0.5) is 17.6 Å². The molecule has 5 rings (SSSR count). The van der Waals surface area contributed by atoms with Gasteiger partial charge in [-0.05, 0) is 49.9 Å². The van der Waals surface area contributed by atoms with Gasteiger partial charge in [-0.2, -0.15) is 13.2 Å². The summed E-state index contributed by atoms with van der Waals surface area (Å²) in [5.41, 5.74) is -0.853. The van der Waals surface area contributed by atoms with Crippen LogP contribution in [0.15, 0.2) is 10.6 Å². The number of rotatable bonds is 9. The second kappa shape index (κ2) is 9.51. The zero-order valence-corrected chi connectivity index (χ0v) is 19.3. The molecule has 2 amide bonds. The minimum absolute atomic E-state index is 0.117. The fourth-order valence-corrected chi connectivity index (χ4v) is 5.51. The molecule has 1 aromatic rings. The predicted octanol–water partition coefficient (Wildman–Crippen LogP) is 3.84. The first kappa shape index (κ1) is 25.6. The summed E-state index contributed by atoms with van der Waals surface area (Å²) < 4.78 is 56.2. The van der Waals surface area contributed by atoms with Crippen LogP contribution < -0.4 is 5.43 Å². The molecule has 1 N–H and O–H groups in total. The molecule has 8 nitrogen and oxygen atoms in total. The zero-order chi connectivity index (χ0) is 25.5.